The third-order valence-electron chi connectivity index (χ3n) is 2.49. The van der Waals surface area contributed by atoms with Crippen LogP contribution in [-0.4, -0.2) is 14.5 Å². The van der Waals surface area contributed by atoms with E-state index in [1.165, 1.54) is 27.2 Å². The van der Waals surface area contributed by atoms with Crippen LogP contribution in [0.3, 0.4) is 0 Å². The molecule has 3 aromatic rings. The van der Waals surface area contributed by atoms with Gasteiger partial charge in [0.25, 0.3) is 5.56 Å². The summed E-state index contributed by atoms with van der Waals surface area (Å²) in [6.07, 6.45) is 1.64. The first-order chi connectivity index (χ1) is 8.65. The van der Waals surface area contributed by atoms with Gasteiger partial charge in [0.2, 0.25) is 0 Å². The number of nitrogens with zero attached hydrogens (tertiary/aromatic N) is 2. The molecule has 8 heteroatoms. The zero-order chi connectivity index (χ0) is 12.7. The molecule has 6 nitrogen and oxygen atoms in total. The van der Waals surface area contributed by atoms with Gasteiger partial charge in [0.15, 0.2) is 5.13 Å². The molecule has 0 spiro atoms. The Morgan fingerprint density at radius 3 is 3.00 bits per heavy atom. The molecule has 0 aromatic carbocycles. The number of hydrogen-bond donors (Lipinski definition) is 2. The second kappa shape index (κ2) is 4.07. The normalized spacial score (nSPS) is 11.1. The first kappa shape index (κ1) is 11.2. The van der Waals surface area contributed by atoms with Crippen molar-refractivity contribution in [3.63, 3.8) is 0 Å². The molecule has 3 heterocycles. The Morgan fingerprint density at radius 1 is 1.44 bits per heavy atom. The van der Waals surface area contributed by atoms with Gasteiger partial charge in [-0.25, -0.2) is 9.78 Å². The van der Waals surface area contributed by atoms with Gasteiger partial charge in [-0.05, 0) is 11.4 Å². The van der Waals surface area contributed by atoms with Crippen molar-refractivity contribution in [2.75, 3.05) is 5.73 Å². The van der Waals surface area contributed by atoms with E-state index >= 15 is 0 Å². The lowest BCUT2D eigenvalue weighted by molar-refractivity contribution is 0.770. The molecule has 0 unspecified atom stereocenters. The van der Waals surface area contributed by atoms with Gasteiger partial charge in [0.05, 0.1) is 11.9 Å². The van der Waals surface area contributed by atoms with Crippen molar-refractivity contribution >= 4 is 38.0 Å². The molecule has 18 heavy (non-hydrogen) atoms. The molecule has 3 rings (SSSR count). The van der Waals surface area contributed by atoms with Gasteiger partial charge in [-0.3, -0.25) is 14.3 Å². The summed E-state index contributed by atoms with van der Waals surface area (Å²) in [6.45, 7) is 0.363. The zero-order valence-electron chi connectivity index (χ0n) is 9.04. The maximum atomic E-state index is 11.8. The lowest BCUT2D eigenvalue weighted by Gasteiger charge is -2.03. The van der Waals surface area contributed by atoms with E-state index in [-0.39, 0.29) is 5.56 Å². The highest BCUT2D eigenvalue weighted by atomic mass is 32.1. The van der Waals surface area contributed by atoms with Gasteiger partial charge in [-0.2, -0.15) is 0 Å². The van der Waals surface area contributed by atoms with E-state index in [1.807, 2.05) is 0 Å². The number of aromatic amines is 1. The third-order valence-corrected chi connectivity index (χ3v) is 4.23. The van der Waals surface area contributed by atoms with Gasteiger partial charge in [0.1, 0.15) is 4.83 Å². The highest BCUT2D eigenvalue weighted by Gasteiger charge is 2.10. The lowest BCUT2D eigenvalue weighted by Crippen LogP contribution is -2.29. The van der Waals surface area contributed by atoms with Crippen molar-refractivity contribution in [2.45, 2.75) is 6.54 Å². The highest BCUT2D eigenvalue weighted by molar-refractivity contribution is 7.17. The van der Waals surface area contributed by atoms with Crippen LogP contribution in [0.15, 0.2) is 27.2 Å². The largest absolute Gasteiger partial charge is 0.375 e. The number of nitrogens with two attached hydrogens (primary N) is 1. The molecule has 0 aliphatic carbocycles. The topological polar surface area (TPSA) is 93.8 Å². The van der Waals surface area contributed by atoms with Crippen LogP contribution in [0.5, 0.6) is 0 Å². The van der Waals surface area contributed by atoms with Gasteiger partial charge in [-0.15, -0.1) is 22.7 Å². The number of thiazole rings is 1. The van der Waals surface area contributed by atoms with Gasteiger partial charge in [-0.1, -0.05) is 0 Å². The van der Waals surface area contributed by atoms with E-state index < -0.39 is 5.69 Å². The van der Waals surface area contributed by atoms with E-state index in [2.05, 4.69) is 9.97 Å². The van der Waals surface area contributed by atoms with Crippen molar-refractivity contribution in [1.29, 1.82) is 0 Å². The van der Waals surface area contributed by atoms with Crippen LogP contribution >= 0.6 is 22.7 Å². The van der Waals surface area contributed by atoms with E-state index in [0.717, 1.165) is 4.88 Å². The molecule has 3 N–H and O–H groups in total. The Balaban J connectivity index is 2.20. The molecule has 92 valence electrons. The second-order valence-electron chi connectivity index (χ2n) is 3.65. The average Bonchev–Trinajstić information content (AvgIpc) is 2.93. The third kappa shape index (κ3) is 1.75. The Hall–Kier alpha value is -1.93. The number of hydrogen-bond acceptors (Lipinski definition) is 6. The Bertz CT molecular complexity index is 826. The zero-order valence-corrected chi connectivity index (χ0v) is 10.7. The van der Waals surface area contributed by atoms with Crippen molar-refractivity contribution < 1.29 is 0 Å². The van der Waals surface area contributed by atoms with Crippen LogP contribution in [0.4, 0.5) is 5.13 Å². The van der Waals surface area contributed by atoms with Gasteiger partial charge < -0.3 is 5.73 Å². The van der Waals surface area contributed by atoms with Crippen LogP contribution in [0.25, 0.3) is 10.2 Å². The summed E-state index contributed by atoms with van der Waals surface area (Å²) >= 11 is 2.69. The van der Waals surface area contributed by atoms with Crippen LogP contribution in [0.1, 0.15) is 4.88 Å². The minimum Gasteiger partial charge on any atom is -0.375 e. The number of thiophene rings is 1. The number of fused-ring (bicyclic) bond motifs is 1. The van der Waals surface area contributed by atoms with E-state index in [1.54, 1.807) is 17.6 Å². The van der Waals surface area contributed by atoms with E-state index in [4.69, 9.17) is 5.73 Å². The van der Waals surface area contributed by atoms with Crippen LogP contribution in [-0.2, 0) is 6.54 Å². The summed E-state index contributed by atoms with van der Waals surface area (Å²) in [5.74, 6) is 0. The van der Waals surface area contributed by atoms with Crippen LogP contribution in [0.2, 0.25) is 0 Å². The SMILES string of the molecule is Nc1ncc(Cn2c(=O)[nH]c(=O)c3ccsc32)s1. The molecule has 0 amide bonds. The maximum Gasteiger partial charge on any atom is 0.329 e. The minimum atomic E-state index is -0.415. The van der Waals surface area contributed by atoms with Crippen molar-refractivity contribution in [3.05, 3.63) is 43.4 Å². The fourth-order valence-corrected chi connectivity index (χ4v) is 3.27. The molecule has 0 bridgehead atoms. The summed E-state index contributed by atoms with van der Waals surface area (Å²) < 4.78 is 1.52. The molecular weight excluding hydrogens is 272 g/mol. The monoisotopic (exact) mass is 280 g/mol. The molecule has 0 saturated carbocycles. The van der Waals surface area contributed by atoms with Crippen molar-refractivity contribution in [2.24, 2.45) is 0 Å². The predicted molar refractivity (Wildman–Crippen MR) is 72.3 cm³/mol. The number of nitrogen functional groups attached to an aromatic ring is 1. The summed E-state index contributed by atoms with van der Waals surface area (Å²) in [6, 6.07) is 1.70. The molecular formula is C10H8N4O2S2. The minimum absolute atomic E-state index is 0.351. The summed E-state index contributed by atoms with van der Waals surface area (Å²) in [5, 5.41) is 2.78. The quantitative estimate of drug-likeness (QED) is 0.727. The van der Waals surface area contributed by atoms with Crippen molar-refractivity contribution in [3.8, 4) is 0 Å². The standard InChI is InChI=1S/C10H8N4O2S2/c11-9-12-3-5(18-9)4-14-8-6(1-2-17-8)7(15)13-10(14)16/h1-3H,4H2,(H2,11,12)(H,13,15,16). The molecule has 0 aliphatic rings. The summed E-state index contributed by atoms with van der Waals surface area (Å²) in [5.41, 5.74) is 4.79. The molecule has 0 atom stereocenters. The lowest BCUT2D eigenvalue weighted by atomic mass is 10.4. The van der Waals surface area contributed by atoms with Crippen LogP contribution in [0, 0.1) is 0 Å². The Morgan fingerprint density at radius 2 is 2.28 bits per heavy atom. The number of aromatic nitrogens is 3. The molecule has 0 aliphatic heterocycles. The Kier molecular flexibility index (Phi) is 2.53. The fourth-order valence-electron chi connectivity index (χ4n) is 1.70. The van der Waals surface area contributed by atoms with E-state index in [0.29, 0.717) is 21.9 Å². The first-order valence-corrected chi connectivity index (χ1v) is 6.75. The van der Waals surface area contributed by atoms with Crippen molar-refractivity contribution in [1.82, 2.24) is 14.5 Å². The average molecular weight is 280 g/mol. The van der Waals surface area contributed by atoms with E-state index in [9.17, 15) is 9.59 Å². The summed E-state index contributed by atoms with van der Waals surface area (Å²) in [7, 11) is 0. The van der Waals surface area contributed by atoms with Gasteiger partial charge >= 0.3 is 5.69 Å². The first-order valence-electron chi connectivity index (χ1n) is 5.05. The van der Waals surface area contributed by atoms with Gasteiger partial charge in [0, 0.05) is 11.1 Å². The molecule has 0 saturated heterocycles. The Labute approximate surface area is 108 Å². The number of nitrogens with one attached hydrogen (secondary N) is 1. The molecule has 3 aromatic heterocycles. The number of rotatable bonds is 2. The molecule has 0 fully saturated rings. The van der Waals surface area contributed by atoms with Crippen LogP contribution < -0.4 is 17.0 Å². The molecule has 0 radical (unpaired) electrons. The second-order valence-corrected chi connectivity index (χ2v) is 5.69. The fraction of sp³-hybridized carbons (Fsp3) is 0.100. The summed E-state index contributed by atoms with van der Waals surface area (Å²) in [4.78, 5) is 31.2. The predicted octanol–water partition coefficient (Wildman–Crippen LogP) is 0.838. The number of anilines is 1. The smallest absolute Gasteiger partial charge is 0.329 e. The maximum absolute atomic E-state index is 11.8. The number of H-pyrrole nitrogens is 1. The highest BCUT2D eigenvalue weighted by Crippen LogP contribution is 2.19.